The van der Waals surface area contributed by atoms with Crippen LogP contribution in [0.4, 0.5) is 5.69 Å². The number of rotatable bonds is 1. The number of hydrogen-bond acceptors (Lipinski definition) is 2. The molecule has 0 aromatic heterocycles. The second-order valence-electron chi connectivity index (χ2n) is 4.46. The minimum Gasteiger partial charge on any atom is -0.345 e. The van der Waals surface area contributed by atoms with Crippen molar-refractivity contribution >= 4 is 33.4 Å². The second-order valence-corrected chi connectivity index (χ2v) is 5.32. The van der Waals surface area contributed by atoms with E-state index in [1.54, 1.807) is 11.8 Å². The number of nitrogens with one attached hydrogen (secondary N) is 1. The van der Waals surface area contributed by atoms with Gasteiger partial charge in [-0.05, 0) is 31.5 Å². The molecule has 1 aliphatic rings. The molecule has 1 fully saturated rings. The van der Waals surface area contributed by atoms with E-state index < -0.39 is 6.04 Å². The average Bonchev–Trinajstić information content (AvgIpc) is 2.44. The molecular weight excluding hydrogens is 296 g/mol. The standard InChI is InChI=1S/C13H15BrN2O2/c1-8-3-4-10(7-11(8)14)16-6-5-12(17)15-9(2)13(16)18/h3-4,7,9H,5-6H2,1-2H3,(H,15,17). The molecule has 18 heavy (non-hydrogen) atoms. The molecule has 1 heterocycles. The van der Waals surface area contributed by atoms with Gasteiger partial charge in [-0.1, -0.05) is 22.0 Å². The first-order valence-electron chi connectivity index (χ1n) is 5.86. The van der Waals surface area contributed by atoms with Gasteiger partial charge >= 0.3 is 0 Å². The van der Waals surface area contributed by atoms with E-state index in [2.05, 4.69) is 21.2 Å². The molecule has 1 aromatic carbocycles. The van der Waals surface area contributed by atoms with E-state index in [0.717, 1.165) is 15.7 Å². The van der Waals surface area contributed by atoms with Crippen molar-refractivity contribution < 1.29 is 9.59 Å². The fraction of sp³-hybridized carbons (Fsp3) is 0.385. The van der Waals surface area contributed by atoms with Gasteiger partial charge in [-0.2, -0.15) is 0 Å². The van der Waals surface area contributed by atoms with Crippen LogP contribution in [0.2, 0.25) is 0 Å². The lowest BCUT2D eigenvalue weighted by atomic mass is 10.2. The monoisotopic (exact) mass is 310 g/mol. The summed E-state index contributed by atoms with van der Waals surface area (Å²) < 4.78 is 0.962. The molecule has 0 spiro atoms. The fourth-order valence-electron chi connectivity index (χ4n) is 1.94. The maximum Gasteiger partial charge on any atom is 0.249 e. The van der Waals surface area contributed by atoms with E-state index in [-0.39, 0.29) is 11.8 Å². The lowest BCUT2D eigenvalue weighted by Gasteiger charge is -2.22. The summed E-state index contributed by atoms with van der Waals surface area (Å²) in [6, 6.07) is 5.30. The second kappa shape index (κ2) is 5.10. The van der Waals surface area contributed by atoms with Crippen molar-refractivity contribution in [2.75, 3.05) is 11.4 Å². The van der Waals surface area contributed by atoms with Crippen molar-refractivity contribution in [3.8, 4) is 0 Å². The molecule has 0 bridgehead atoms. The largest absolute Gasteiger partial charge is 0.345 e. The van der Waals surface area contributed by atoms with Gasteiger partial charge in [-0.25, -0.2) is 0 Å². The molecule has 1 N–H and O–H groups in total. The predicted molar refractivity (Wildman–Crippen MR) is 73.5 cm³/mol. The molecule has 5 heteroatoms. The van der Waals surface area contributed by atoms with Crippen LogP contribution in [0.15, 0.2) is 22.7 Å². The Balaban J connectivity index is 2.33. The lowest BCUT2D eigenvalue weighted by molar-refractivity contribution is -0.125. The van der Waals surface area contributed by atoms with Crippen LogP contribution in [0.25, 0.3) is 0 Å². The smallest absolute Gasteiger partial charge is 0.249 e. The summed E-state index contributed by atoms with van der Waals surface area (Å²) in [6.45, 7) is 4.12. The number of anilines is 1. The van der Waals surface area contributed by atoms with Crippen LogP contribution in [0, 0.1) is 6.92 Å². The first-order chi connectivity index (χ1) is 8.49. The third-order valence-electron chi connectivity index (χ3n) is 3.04. The quantitative estimate of drug-likeness (QED) is 0.862. The van der Waals surface area contributed by atoms with Crippen LogP contribution in [-0.2, 0) is 9.59 Å². The molecule has 0 saturated carbocycles. The zero-order chi connectivity index (χ0) is 13.3. The van der Waals surface area contributed by atoms with Crippen LogP contribution in [0.3, 0.4) is 0 Å². The van der Waals surface area contributed by atoms with Gasteiger partial charge in [0.15, 0.2) is 0 Å². The Morgan fingerprint density at radius 3 is 2.78 bits per heavy atom. The lowest BCUT2D eigenvalue weighted by Crippen LogP contribution is -2.42. The molecule has 1 saturated heterocycles. The van der Waals surface area contributed by atoms with Crippen molar-refractivity contribution in [1.82, 2.24) is 5.32 Å². The molecular formula is C13H15BrN2O2. The summed E-state index contributed by atoms with van der Waals surface area (Å²) in [5.41, 5.74) is 1.93. The summed E-state index contributed by atoms with van der Waals surface area (Å²) >= 11 is 3.46. The molecule has 1 atom stereocenters. The summed E-state index contributed by atoms with van der Waals surface area (Å²) in [5.74, 6) is -0.152. The number of halogens is 1. The SMILES string of the molecule is Cc1ccc(N2CCC(=O)NC(C)C2=O)cc1Br. The van der Waals surface area contributed by atoms with E-state index in [1.807, 2.05) is 25.1 Å². The van der Waals surface area contributed by atoms with Gasteiger partial charge in [0, 0.05) is 23.1 Å². The maximum absolute atomic E-state index is 12.2. The number of hydrogen-bond donors (Lipinski definition) is 1. The predicted octanol–water partition coefficient (Wildman–Crippen LogP) is 2.00. The Morgan fingerprint density at radius 1 is 1.39 bits per heavy atom. The fourth-order valence-corrected chi connectivity index (χ4v) is 2.31. The number of benzene rings is 1. The van der Waals surface area contributed by atoms with Gasteiger partial charge < -0.3 is 10.2 Å². The topological polar surface area (TPSA) is 49.4 Å². The van der Waals surface area contributed by atoms with E-state index in [0.29, 0.717) is 13.0 Å². The Morgan fingerprint density at radius 2 is 2.11 bits per heavy atom. The molecule has 4 nitrogen and oxygen atoms in total. The summed E-state index contributed by atoms with van der Waals surface area (Å²) in [5, 5.41) is 2.68. The van der Waals surface area contributed by atoms with E-state index in [9.17, 15) is 9.59 Å². The minimum atomic E-state index is -0.472. The molecule has 1 unspecified atom stereocenters. The van der Waals surface area contributed by atoms with Crippen molar-refractivity contribution in [1.29, 1.82) is 0 Å². The van der Waals surface area contributed by atoms with Crippen molar-refractivity contribution in [2.45, 2.75) is 26.3 Å². The first-order valence-corrected chi connectivity index (χ1v) is 6.65. The number of carbonyl (C=O) groups is 2. The van der Waals surface area contributed by atoms with Gasteiger partial charge in [-0.3, -0.25) is 9.59 Å². The highest BCUT2D eigenvalue weighted by molar-refractivity contribution is 9.10. The van der Waals surface area contributed by atoms with Crippen LogP contribution < -0.4 is 10.2 Å². The highest BCUT2D eigenvalue weighted by Gasteiger charge is 2.27. The van der Waals surface area contributed by atoms with Crippen LogP contribution in [0.1, 0.15) is 18.9 Å². The van der Waals surface area contributed by atoms with Gasteiger partial charge in [0.05, 0.1) is 0 Å². The van der Waals surface area contributed by atoms with Gasteiger partial charge in [-0.15, -0.1) is 0 Å². The Kier molecular flexibility index (Phi) is 3.71. The van der Waals surface area contributed by atoms with Crippen molar-refractivity contribution in [2.24, 2.45) is 0 Å². The van der Waals surface area contributed by atoms with Crippen LogP contribution >= 0.6 is 15.9 Å². The molecule has 96 valence electrons. The zero-order valence-corrected chi connectivity index (χ0v) is 12.0. The molecule has 0 radical (unpaired) electrons. The number of aryl methyl sites for hydroxylation is 1. The molecule has 0 aliphatic carbocycles. The summed E-state index contributed by atoms with van der Waals surface area (Å²) in [7, 11) is 0. The maximum atomic E-state index is 12.2. The molecule has 1 aliphatic heterocycles. The van der Waals surface area contributed by atoms with E-state index >= 15 is 0 Å². The van der Waals surface area contributed by atoms with Crippen LogP contribution in [0.5, 0.6) is 0 Å². The number of carbonyl (C=O) groups excluding carboxylic acids is 2. The Bertz CT molecular complexity index is 502. The van der Waals surface area contributed by atoms with E-state index in [4.69, 9.17) is 0 Å². The third-order valence-corrected chi connectivity index (χ3v) is 3.90. The summed E-state index contributed by atoms with van der Waals surface area (Å²) in [6.07, 6.45) is 0.335. The number of nitrogens with zero attached hydrogens (tertiary/aromatic N) is 1. The zero-order valence-electron chi connectivity index (χ0n) is 10.4. The highest BCUT2D eigenvalue weighted by Crippen LogP contribution is 2.25. The van der Waals surface area contributed by atoms with Gasteiger partial charge in [0.2, 0.25) is 11.8 Å². The van der Waals surface area contributed by atoms with Gasteiger partial charge in [0.1, 0.15) is 6.04 Å². The van der Waals surface area contributed by atoms with Crippen molar-refractivity contribution in [3.05, 3.63) is 28.2 Å². The Hall–Kier alpha value is -1.36. The highest BCUT2D eigenvalue weighted by atomic mass is 79.9. The molecule has 2 rings (SSSR count). The third kappa shape index (κ3) is 2.56. The molecule has 1 aromatic rings. The first kappa shape index (κ1) is 13.1. The average molecular weight is 311 g/mol. The van der Waals surface area contributed by atoms with Gasteiger partial charge in [0.25, 0.3) is 0 Å². The minimum absolute atomic E-state index is 0.0726. The normalized spacial score (nSPS) is 20.6. The number of amides is 2. The molecule has 2 amide bonds. The van der Waals surface area contributed by atoms with Crippen molar-refractivity contribution in [3.63, 3.8) is 0 Å². The summed E-state index contributed by atoms with van der Waals surface area (Å²) in [4.78, 5) is 25.3. The van der Waals surface area contributed by atoms with E-state index in [1.165, 1.54) is 0 Å². The van der Waals surface area contributed by atoms with Crippen LogP contribution in [-0.4, -0.2) is 24.4 Å². The Labute approximate surface area is 114 Å².